The van der Waals surface area contributed by atoms with E-state index in [0.717, 1.165) is 73.3 Å². The van der Waals surface area contributed by atoms with Crippen molar-refractivity contribution in [3.8, 4) is 0 Å². The van der Waals surface area contributed by atoms with Gasteiger partial charge in [-0.1, -0.05) is 102 Å². The Hall–Kier alpha value is -7.06. The minimum absolute atomic E-state index is 0.0337. The molecule has 4 saturated carbocycles. The van der Waals surface area contributed by atoms with Gasteiger partial charge in [0.1, 0.15) is 47.8 Å². The Labute approximate surface area is 585 Å². The fourth-order valence-corrected chi connectivity index (χ4v) is 16.4. The van der Waals surface area contributed by atoms with Crippen molar-refractivity contribution in [1.29, 1.82) is 0 Å². The van der Waals surface area contributed by atoms with E-state index < -0.39 is 173 Å². The lowest BCUT2D eigenvalue weighted by Crippen LogP contribution is -2.65. The van der Waals surface area contributed by atoms with Gasteiger partial charge in [-0.05, 0) is 125 Å². The van der Waals surface area contributed by atoms with E-state index in [4.69, 9.17) is 11.6 Å². The molecule has 0 radical (unpaired) electrons. The second-order valence-electron chi connectivity index (χ2n) is 29.5. The van der Waals surface area contributed by atoms with Gasteiger partial charge in [-0.25, -0.2) is 0 Å². The lowest BCUT2D eigenvalue weighted by atomic mass is 9.78. The van der Waals surface area contributed by atoms with Gasteiger partial charge in [0.25, 0.3) is 0 Å². The molecule has 3 aliphatic heterocycles. The van der Waals surface area contributed by atoms with Crippen molar-refractivity contribution in [2.45, 2.75) is 228 Å². The van der Waals surface area contributed by atoms with Crippen LogP contribution in [-0.2, 0) is 70.1 Å². The molecule has 28 heteroatoms. The molecule has 1 aromatic rings. The van der Waals surface area contributed by atoms with Gasteiger partial charge >= 0.3 is 6.18 Å². The second-order valence-corrected chi connectivity index (χ2v) is 29.9. The predicted octanol–water partition coefficient (Wildman–Crippen LogP) is 5.40. The number of likely N-dealkylation sites (N-methyl/N-ethyl adjacent to an activating group) is 7. The molecular formula is C71H106ClF3N12O12. The van der Waals surface area contributed by atoms with Gasteiger partial charge < -0.3 is 60.0 Å². The van der Waals surface area contributed by atoms with Crippen molar-refractivity contribution in [3.63, 3.8) is 0 Å². The average molecular weight is 1410 g/mol. The van der Waals surface area contributed by atoms with E-state index in [-0.39, 0.29) is 56.9 Å². The normalized spacial score (nSPS) is 27.7. The Morgan fingerprint density at radius 3 is 1.82 bits per heavy atom. The molecule has 0 bridgehead atoms. The highest BCUT2D eigenvalue weighted by atomic mass is 35.5. The van der Waals surface area contributed by atoms with Crippen molar-refractivity contribution >= 4 is 82.5 Å². The molecule has 4 aliphatic carbocycles. The van der Waals surface area contributed by atoms with Crippen LogP contribution >= 0.6 is 11.6 Å². The summed E-state index contributed by atoms with van der Waals surface area (Å²) in [6.07, 6.45) is 7.20. The van der Waals surface area contributed by atoms with Gasteiger partial charge in [0.2, 0.25) is 70.9 Å². The van der Waals surface area contributed by atoms with Gasteiger partial charge in [0, 0.05) is 69.0 Å². The number of alkyl halides is 3. The highest BCUT2D eigenvalue weighted by Gasteiger charge is 2.52. The molecule has 1 spiro atoms. The lowest BCUT2D eigenvalue weighted by molar-refractivity contribution is -0.157. The third kappa shape index (κ3) is 18.5. The summed E-state index contributed by atoms with van der Waals surface area (Å²) in [4.78, 5) is 191. The van der Waals surface area contributed by atoms with E-state index in [1.807, 2.05) is 6.92 Å². The van der Waals surface area contributed by atoms with E-state index in [1.165, 1.54) is 84.8 Å². The maximum atomic E-state index is 15.8. The van der Waals surface area contributed by atoms with Crippen molar-refractivity contribution in [3.05, 3.63) is 34.3 Å². The molecule has 1 aromatic carbocycles. The highest BCUT2D eigenvalue weighted by molar-refractivity contribution is 6.31. The molecule has 7 aliphatic rings. The highest BCUT2D eigenvalue weighted by Crippen LogP contribution is 2.39. The summed E-state index contributed by atoms with van der Waals surface area (Å²) in [5, 5.41) is 8.22. The number of carbonyl (C=O) groups is 12. The van der Waals surface area contributed by atoms with Crippen molar-refractivity contribution < 1.29 is 70.7 Å². The van der Waals surface area contributed by atoms with Gasteiger partial charge in [0.05, 0.1) is 36.6 Å². The minimum atomic E-state index is -4.76. The number of hydrogen-bond acceptors (Lipinski definition) is 12. The molecular weight excluding hydrogens is 1310 g/mol. The van der Waals surface area contributed by atoms with Crippen LogP contribution in [0.4, 0.5) is 13.2 Å². The van der Waals surface area contributed by atoms with E-state index in [0.29, 0.717) is 82.9 Å². The fraction of sp³-hybridized carbons (Fsp3) is 0.746. The van der Waals surface area contributed by atoms with Crippen LogP contribution in [0.25, 0.3) is 0 Å². The standard InChI is InChI=1S/C71H106ClF3N12O12/c1-10-44(2)59-67(97)81(5)42-57(90)79(3)43-58(91)82(6)53(39-45-22-14-15-23-45)65(95)80(4)41-55(88)76-51(32-30-46-29-31-49(50(72)38-46)71(73,74)75)64(94)87-37-21-28-52(87)62(92)78-70(33-16-17-34-70)69(99)85(9)61(48-24-12-11-13-25-48)68(98)83(7)54(66(96)86-35-18-19-36-86)40-56(89)84(8)60(63(93)77-59)47-26-20-27-47/h29,31,38,44-45,47-48,51-54,59-61H,10-28,30,32-37,39-43H2,1-9H3,(H,76,88)(H,77,93)(H,78,92)/t44-,51-,52-,53-,54-,59-,60-,61-/m0/s1. The zero-order chi connectivity index (χ0) is 72.4. The molecule has 3 heterocycles. The van der Waals surface area contributed by atoms with E-state index in [9.17, 15) is 46.7 Å². The summed E-state index contributed by atoms with van der Waals surface area (Å²) in [7, 11) is 10.1. The van der Waals surface area contributed by atoms with Crippen LogP contribution in [0.2, 0.25) is 5.02 Å². The Morgan fingerprint density at radius 2 is 1.21 bits per heavy atom. The number of aryl methyl sites for hydroxylation is 1. The quantitative estimate of drug-likeness (QED) is 0.266. The summed E-state index contributed by atoms with van der Waals surface area (Å²) in [6, 6.07) is -5.36. The monoisotopic (exact) mass is 1410 g/mol. The van der Waals surface area contributed by atoms with Crippen LogP contribution < -0.4 is 16.0 Å². The molecule has 3 N–H and O–H groups in total. The average Bonchev–Trinajstić information content (AvgIpc) is 1.75. The molecule has 8 atom stereocenters. The number of rotatable bonds is 10. The van der Waals surface area contributed by atoms with Crippen molar-refractivity contribution in [2.24, 2.45) is 23.7 Å². The molecule has 550 valence electrons. The largest absolute Gasteiger partial charge is 0.417 e. The van der Waals surface area contributed by atoms with Crippen LogP contribution in [0.5, 0.6) is 0 Å². The van der Waals surface area contributed by atoms with Crippen molar-refractivity contribution in [1.82, 2.24) is 60.0 Å². The molecule has 99 heavy (non-hydrogen) atoms. The first-order valence-corrected chi connectivity index (χ1v) is 36.4. The number of halogens is 4. The van der Waals surface area contributed by atoms with E-state index >= 15 is 24.0 Å². The molecule has 8 rings (SSSR count). The summed E-state index contributed by atoms with van der Waals surface area (Å²) in [6.45, 7) is 2.78. The zero-order valence-electron chi connectivity index (χ0n) is 59.4. The zero-order valence-corrected chi connectivity index (χ0v) is 60.2. The first-order valence-electron chi connectivity index (χ1n) is 36.0. The molecule has 7 fully saturated rings. The number of fused-ring (bicyclic) bond motifs is 1. The number of likely N-dealkylation sites (tertiary alicyclic amines) is 1. The SMILES string of the molecule is CC[C@H](C)[C@@H]1NC(=O)[C@H](C2CCC2)N(C)C(=O)C[C@@H](C(=O)N2CCCC2)N(C)C(=O)[C@H](C2CCCCC2)N(C)C(=O)C2(CCCC2)NC(=O)[C@@H]2CCCN2C(=O)[C@H](CCc2ccc(C(F)(F)F)c(Cl)c2)NC(=O)CN(C)C(=O)[C@H](CC2CCCC2)N(C)C(=O)CN(C)C(=O)CN(C)C1=O. The summed E-state index contributed by atoms with van der Waals surface area (Å²) in [5.41, 5.74) is -2.33. The first kappa shape index (κ1) is 77.7. The summed E-state index contributed by atoms with van der Waals surface area (Å²) >= 11 is 6.15. The summed E-state index contributed by atoms with van der Waals surface area (Å²) in [5.74, 6) is -8.66. The Bertz CT molecular complexity index is 3130. The third-order valence-electron chi connectivity index (χ3n) is 22.7. The first-order chi connectivity index (χ1) is 46.9. The minimum Gasteiger partial charge on any atom is -0.343 e. The number of nitrogens with one attached hydrogen (secondary N) is 3. The molecule has 12 amide bonds. The van der Waals surface area contributed by atoms with Crippen LogP contribution in [0.3, 0.4) is 0 Å². The molecule has 0 aromatic heterocycles. The fourth-order valence-electron chi connectivity index (χ4n) is 16.0. The van der Waals surface area contributed by atoms with E-state index in [1.54, 1.807) is 11.8 Å². The molecule has 0 unspecified atom stereocenters. The van der Waals surface area contributed by atoms with Crippen LogP contribution in [0.15, 0.2) is 18.2 Å². The Kier molecular flexibility index (Phi) is 26.7. The number of nitrogens with zero attached hydrogens (tertiary/aromatic N) is 9. The predicted molar refractivity (Wildman–Crippen MR) is 362 cm³/mol. The molecule has 24 nitrogen and oxygen atoms in total. The van der Waals surface area contributed by atoms with Crippen LogP contribution in [-0.4, -0.2) is 251 Å². The Balaban J connectivity index is 1.16. The van der Waals surface area contributed by atoms with Gasteiger partial charge in [-0.2, -0.15) is 13.2 Å². The van der Waals surface area contributed by atoms with Gasteiger partial charge in [-0.15, -0.1) is 0 Å². The maximum Gasteiger partial charge on any atom is 0.417 e. The second kappa shape index (κ2) is 34.1. The smallest absolute Gasteiger partial charge is 0.343 e. The molecule has 3 saturated heterocycles. The third-order valence-corrected chi connectivity index (χ3v) is 23.0. The number of amides is 12. The summed E-state index contributed by atoms with van der Waals surface area (Å²) < 4.78 is 41.6. The van der Waals surface area contributed by atoms with Crippen LogP contribution in [0.1, 0.15) is 179 Å². The van der Waals surface area contributed by atoms with Crippen LogP contribution in [0, 0.1) is 23.7 Å². The maximum absolute atomic E-state index is 15.8. The Morgan fingerprint density at radius 1 is 0.606 bits per heavy atom. The number of hydrogen-bond donors (Lipinski definition) is 3. The number of benzene rings is 1. The number of carbonyl (C=O) groups excluding carboxylic acids is 12. The topological polar surface area (TPSA) is 270 Å². The van der Waals surface area contributed by atoms with Gasteiger partial charge in [-0.3, -0.25) is 57.5 Å². The van der Waals surface area contributed by atoms with Gasteiger partial charge in [0.15, 0.2) is 0 Å². The lowest BCUT2D eigenvalue weighted by Gasteiger charge is -2.43. The van der Waals surface area contributed by atoms with E-state index in [2.05, 4.69) is 16.0 Å². The van der Waals surface area contributed by atoms with Crippen molar-refractivity contribution in [2.75, 3.05) is 88.6 Å².